The minimum Gasteiger partial charge on any atom is -0.368 e. The Labute approximate surface area is 89.6 Å². The van der Waals surface area contributed by atoms with E-state index in [0.29, 0.717) is 0 Å². The van der Waals surface area contributed by atoms with Gasteiger partial charge in [-0.2, -0.15) is 0 Å². The summed E-state index contributed by atoms with van der Waals surface area (Å²) in [6.07, 6.45) is 1.86. The predicted octanol–water partition coefficient (Wildman–Crippen LogP) is 1.89. The third-order valence-electron chi connectivity index (χ3n) is 2.09. The Morgan fingerprint density at radius 3 is 2.93 bits per heavy atom. The molecule has 2 aromatic rings. The Kier molecular flexibility index (Phi) is 2.29. The molecule has 1 amide bonds. The third-order valence-corrected chi connectivity index (χ3v) is 2.78. The van der Waals surface area contributed by atoms with Crippen LogP contribution in [0.4, 0.5) is 0 Å². The van der Waals surface area contributed by atoms with Gasteiger partial charge < -0.3 is 10.3 Å². The van der Waals surface area contributed by atoms with Gasteiger partial charge in [-0.05, 0) is 18.2 Å². The van der Waals surface area contributed by atoms with Crippen molar-refractivity contribution < 1.29 is 4.79 Å². The molecule has 0 spiro atoms. The van der Waals surface area contributed by atoms with Crippen molar-refractivity contribution in [1.29, 1.82) is 0 Å². The largest absolute Gasteiger partial charge is 0.368 e. The number of hydrogen-bond acceptors (Lipinski definition) is 1. The van der Waals surface area contributed by atoms with E-state index in [1.165, 1.54) is 0 Å². The van der Waals surface area contributed by atoms with Crippen LogP contribution in [0.25, 0.3) is 10.9 Å². The topological polar surface area (TPSA) is 48.0 Å². The van der Waals surface area contributed by atoms with Gasteiger partial charge in [-0.15, -0.1) is 0 Å². The lowest BCUT2D eigenvalue weighted by Crippen LogP contribution is -2.17. The summed E-state index contributed by atoms with van der Waals surface area (Å²) in [7, 11) is 0. The number of benzene rings is 1. The molecule has 0 aliphatic heterocycles. The number of carbonyl (C=O) groups is 1. The van der Waals surface area contributed by atoms with Crippen molar-refractivity contribution in [3.05, 3.63) is 34.9 Å². The zero-order chi connectivity index (χ0) is 10.1. The summed E-state index contributed by atoms with van der Waals surface area (Å²) < 4.78 is 2.86. The van der Waals surface area contributed by atoms with Crippen LogP contribution >= 0.6 is 15.9 Å². The van der Waals surface area contributed by atoms with E-state index in [4.69, 9.17) is 5.73 Å². The molecule has 2 rings (SSSR count). The number of halogens is 1. The van der Waals surface area contributed by atoms with Crippen LogP contribution in [0, 0.1) is 0 Å². The molecule has 3 nitrogen and oxygen atoms in total. The summed E-state index contributed by atoms with van der Waals surface area (Å²) in [4.78, 5) is 10.8. The molecule has 1 heterocycles. The normalized spacial score (nSPS) is 10.6. The molecule has 1 aromatic carbocycles. The van der Waals surface area contributed by atoms with Crippen LogP contribution in [-0.4, -0.2) is 10.5 Å². The van der Waals surface area contributed by atoms with Crippen LogP contribution in [0.5, 0.6) is 0 Å². The molecular formula is C10H9BrN2O. The lowest BCUT2D eigenvalue weighted by molar-refractivity contribution is -0.118. The molecule has 2 N–H and O–H groups in total. The minimum absolute atomic E-state index is 0.222. The van der Waals surface area contributed by atoms with Gasteiger partial charge >= 0.3 is 0 Å². The fourth-order valence-corrected chi connectivity index (χ4v) is 1.98. The van der Waals surface area contributed by atoms with E-state index in [1.54, 1.807) is 0 Å². The number of fused-ring (bicyclic) bond motifs is 1. The summed E-state index contributed by atoms with van der Waals surface area (Å²) in [6.45, 7) is 0.222. The van der Waals surface area contributed by atoms with Crippen LogP contribution in [-0.2, 0) is 11.3 Å². The van der Waals surface area contributed by atoms with E-state index in [-0.39, 0.29) is 12.5 Å². The minimum atomic E-state index is -0.331. The summed E-state index contributed by atoms with van der Waals surface area (Å²) in [5.74, 6) is -0.331. The molecular weight excluding hydrogens is 244 g/mol. The van der Waals surface area contributed by atoms with E-state index >= 15 is 0 Å². The van der Waals surface area contributed by atoms with Crippen molar-refractivity contribution in [3.8, 4) is 0 Å². The Balaban J connectivity index is 2.58. The van der Waals surface area contributed by atoms with Gasteiger partial charge in [0.2, 0.25) is 5.91 Å². The van der Waals surface area contributed by atoms with Crippen molar-refractivity contribution >= 4 is 32.7 Å². The maximum Gasteiger partial charge on any atom is 0.237 e. The van der Waals surface area contributed by atoms with Gasteiger partial charge in [0.1, 0.15) is 6.54 Å². The summed E-state index contributed by atoms with van der Waals surface area (Å²) >= 11 is 3.45. The molecule has 0 bridgehead atoms. The maximum atomic E-state index is 10.8. The molecule has 0 radical (unpaired) electrons. The fraction of sp³-hybridized carbons (Fsp3) is 0.100. The summed E-state index contributed by atoms with van der Waals surface area (Å²) in [5, 5.41) is 1.09. The highest BCUT2D eigenvalue weighted by molar-refractivity contribution is 9.10. The molecule has 0 unspecified atom stereocenters. The lowest BCUT2D eigenvalue weighted by Gasteiger charge is -2.01. The number of rotatable bonds is 2. The lowest BCUT2D eigenvalue weighted by atomic mass is 10.2. The molecule has 0 fully saturated rings. The van der Waals surface area contributed by atoms with Gasteiger partial charge in [-0.25, -0.2) is 0 Å². The number of aromatic nitrogens is 1. The van der Waals surface area contributed by atoms with Crippen LogP contribution in [0.15, 0.2) is 34.9 Å². The highest BCUT2D eigenvalue weighted by Gasteiger charge is 2.04. The quantitative estimate of drug-likeness (QED) is 0.872. The van der Waals surface area contributed by atoms with E-state index in [2.05, 4.69) is 15.9 Å². The Morgan fingerprint density at radius 2 is 2.21 bits per heavy atom. The summed E-state index contributed by atoms with van der Waals surface area (Å²) in [5.41, 5.74) is 6.15. The van der Waals surface area contributed by atoms with E-state index in [1.807, 2.05) is 35.0 Å². The second-order valence-corrected chi connectivity index (χ2v) is 3.94. The van der Waals surface area contributed by atoms with Gasteiger partial charge in [-0.1, -0.05) is 22.0 Å². The Morgan fingerprint density at radius 1 is 1.43 bits per heavy atom. The molecule has 0 saturated carbocycles. The zero-order valence-corrected chi connectivity index (χ0v) is 8.99. The Hall–Kier alpha value is -1.29. The predicted molar refractivity (Wildman–Crippen MR) is 58.8 cm³/mol. The van der Waals surface area contributed by atoms with Crippen molar-refractivity contribution in [1.82, 2.24) is 4.57 Å². The van der Waals surface area contributed by atoms with Crippen LogP contribution < -0.4 is 5.73 Å². The number of nitrogens with zero attached hydrogens (tertiary/aromatic N) is 1. The molecule has 1 aromatic heterocycles. The second-order valence-electron chi connectivity index (χ2n) is 3.08. The molecule has 0 atom stereocenters. The first-order chi connectivity index (χ1) is 6.68. The molecule has 72 valence electrons. The van der Waals surface area contributed by atoms with Crippen LogP contribution in [0.2, 0.25) is 0 Å². The van der Waals surface area contributed by atoms with E-state index in [9.17, 15) is 4.79 Å². The van der Waals surface area contributed by atoms with Gasteiger partial charge in [-0.3, -0.25) is 4.79 Å². The number of hydrogen-bond donors (Lipinski definition) is 1. The number of nitrogens with two attached hydrogens (primary N) is 1. The standard InChI is InChI=1S/C10H9BrN2O/c11-8-2-1-3-9-7(8)4-5-13(9)6-10(12)14/h1-5H,6H2,(H2,12,14). The molecule has 4 heteroatoms. The fourth-order valence-electron chi connectivity index (χ4n) is 1.49. The number of primary amides is 1. The zero-order valence-electron chi connectivity index (χ0n) is 7.40. The first-order valence-corrected chi connectivity index (χ1v) is 4.99. The van der Waals surface area contributed by atoms with Crippen LogP contribution in [0.3, 0.4) is 0 Å². The first-order valence-electron chi connectivity index (χ1n) is 4.20. The van der Waals surface area contributed by atoms with Gasteiger partial charge in [0.15, 0.2) is 0 Å². The van der Waals surface area contributed by atoms with Gasteiger partial charge in [0.05, 0.1) is 0 Å². The van der Waals surface area contributed by atoms with Crippen molar-refractivity contribution in [2.75, 3.05) is 0 Å². The van der Waals surface area contributed by atoms with Gasteiger partial charge in [0.25, 0.3) is 0 Å². The van der Waals surface area contributed by atoms with Gasteiger partial charge in [0, 0.05) is 21.6 Å². The van der Waals surface area contributed by atoms with E-state index < -0.39 is 0 Å². The van der Waals surface area contributed by atoms with Crippen molar-refractivity contribution in [2.45, 2.75) is 6.54 Å². The maximum absolute atomic E-state index is 10.8. The summed E-state index contributed by atoms with van der Waals surface area (Å²) in [6, 6.07) is 7.83. The second kappa shape index (κ2) is 3.46. The highest BCUT2D eigenvalue weighted by atomic mass is 79.9. The van der Waals surface area contributed by atoms with Crippen LogP contribution in [0.1, 0.15) is 0 Å². The SMILES string of the molecule is NC(=O)Cn1ccc2c(Br)cccc21. The Bertz CT molecular complexity index is 490. The van der Waals surface area contributed by atoms with Crippen molar-refractivity contribution in [3.63, 3.8) is 0 Å². The molecule has 0 aliphatic rings. The number of amides is 1. The average Bonchev–Trinajstić information content (AvgIpc) is 2.49. The molecule has 14 heavy (non-hydrogen) atoms. The average molecular weight is 253 g/mol. The first kappa shape index (κ1) is 9.27. The van der Waals surface area contributed by atoms with Crippen molar-refractivity contribution in [2.24, 2.45) is 5.73 Å². The number of carbonyl (C=O) groups excluding carboxylic acids is 1. The molecule has 0 aliphatic carbocycles. The molecule has 0 saturated heterocycles. The highest BCUT2D eigenvalue weighted by Crippen LogP contribution is 2.24. The van der Waals surface area contributed by atoms with E-state index in [0.717, 1.165) is 15.4 Å². The monoisotopic (exact) mass is 252 g/mol. The smallest absolute Gasteiger partial charge is 0.237 e. The third kappa shape index (κ3) is 1.53.